The zero-order valence-corrected chi connectivity index (χ0v) is 14.4. The SMILES string of the molecule is CCOC(=O)CCC(=O)Nc1c2c(nn1C(C)(C)C)CSC2. The molecule has 1 aliphatic rings. The van der Waals surface area contributed by atoms with Crippen LogP contribution in [-0.2, 0) is 31.4 Å². The third-order valence-electron chi connectivity index (χ3n) is 3.31. The lowest BCUT2D eigenvalue weighted by atomic mass is 10.1. The number of fused-ring (bicyclic) bond motifs is 1. The van der Waals surface area contributed by atoms with E-state index in [1.54, 1.807) is 18.7 Å². The van der Waals surface area contributed by atoms with Crippen LogP contribution in [0.15, 0.2) is 0 Å². The van der Waals surface area contributed by atoms with Gasteiger partial charge < -0.3 is 10.1 Å². The first kappa shape index (κ1) is 16.9. The van der Waals surface area contributed by atoms with Gasteiger partial charge in [-0.3, -0.25) is 9.59 Å². The van der Waals surface area contributed by atoms with Gasteiger partial charge in [0.05, 0.1) is 24.3 Å². The number of carbonyl (C=O) groups is 2. The Morgan fingerprint density at radius 3 is 2.68 bits per heavy atom. The number of esters is 1. The number of aromatic nitrogens is 2. The minimum Gasteiger partial charge on any atom is -0.466 e. The van der Waals surface area contributed by atoms with E-state index < -0.39 is 0 Å². The molecule has 1 N–H and O–H groups in total. The average molecular weight is 325 g/mol. The molecule has 0 atom stereocenters. The number of carbonyl (C=O) groups excluding carboxylic acids is 2. The van der Waals surface area contributed by atoms with Gasteiger partial charge in [-0.15, -0.1) is 0 Å². The highest BCUT2D eigenvalue weighted by Gasteiger charge is 2.28. The highest BCUT2D eigenvalue weighted by atomic mass is 32.2. The molecule has 2 rings (SSSR count). The third kappa shape index (κ3) is 3.82. The number of amides is 1. The molecule has 6 nitrogen and oxygen atoms in total. The van der Waals surface area contributed by atoms with Gasteiger partial charge in [-0.25, -0.2) is 4.68 Å². The maximum Gasteiger partial charge on any atom is 0.306 e. The standard InChI is InChI=1S/C15H23N3O3S/c1-5-21-13(20)7-6-12(19)16-14-10-8-22-9-11(10)17-18(14)15(2,3)4/h5-9H2,1-4H3,(H,16,19). The molecule has 0 fully saturated rings. The molecule has 122 valence electrons. The monoisotopic (exact) mass is 325 g/mol. The van der Waals surface area contributed by atoms with Crippen LogP contribution in [0.2, 0.25) is 0 Å². The first-order chi connectivity index (χ1) is 10.3. The molecule has 0 saturated carbocycles. The van der Waals surface area contributed by atoms with Gasteiger partial charge in [0.1, 0.15) is 5.82 Å². The smallest absolute Gasteiger partial charge is 0.306 e. The second-order valence-electron chi connectivity index (χ2n) is 6.20. The lowest BCUT2D eigenvalue weighted by Gasteiger charge is -2.23. The molecule has 0 unspecified atom stereocenters. The minimum atomic E-state index is -0.345. The van der Waals surface area contributed by atoms with Crippen molar-refractivity contribution in [3.63, 3.8) is 0 Å². The Balaban J connectivity index is 2.09. The van der Waals surface area contributed by atoms with Gasteiger partial charge in [-0.1, -0.05) is 0 Å². The van der Waals surface area contributed by atoms with E-state index in [4.69, 9.17) is 4.74 Å². The molecule has 2 heterocycles. The summed E-state index contributed by atoms with van der Waals surface area (Å²) in [6.45, 7) is 8.24. The fourth-order valence-corrected chi connectivity index (χ4v) is 3.30. The normalized spacial score (nSPS) is 13.8. The van der Waals surface area contributed by atoms with Crippen molar-refractivity contribution in [3.8, 4) is 0 Å². The second-order valence-corrected chi connectivity index (χ2v) is 7.19. The zero-order chi connectivity index (χ0) is 16.3. The number of hydrogen-bond acceptors (Lipinski definition) is 5. The molecule has 1 amide bonds. The minimum absolute atomic E-state index is 0.0975. The predicted octanol–water partition coefficient (Wildman–Crippen LogP) is 2.67. The summed E-state index contributed by atoms with van der Waals surface area (Å²) in [4.78, 5) is 23.5. The van der Waals surface area contributed by atoms with Crippen molar-refractivity contribution in [1.82, 2.24) is 9.78 Å². The van der Waals surface area contributed by atoms with Gasteiger partial charge in [0.25, 0.3) is 0 Å². The summed E-state index contributed by atoms with van der Waals surface area (Å²) in [6, 6.07) is 0. The highest BCUT2D eigenvalue weighted by Crippen LogP contribution is 2.37. The van der Waals surface area contributed by atoms with Crippen LogP contribution in [0.25, 0.3) is 0 Å². The Bertz CT molecular complexity index is 575. The van der Waals surface area contributed by atoms with E-state index >= 15 is 0 Å². The van der Waals surface area contributed by atoms with E-state index in [1.165, 1.54) is 0 Å². The van der Waals surface area contributed by atoms with E-state index in [0.29, 0.717) is 6.61 Å². The number of nitrogens with one attached hydrogen (secondary N) is 1. The molecule has 0 bridgehead atoms. The number of ether oxygens (including phenoxy) is 1. The van der Waals surface area contributed by atoms with E-state index in [0.717, 1.165) is 28.6 Å². The predicted molar refractivity (Wildman–Crippen MR) is 86.7 cm³/mol. The lowest BCUT2D eigenvalue weighted by Crippen LogP contribution is -2.27. The number of hydrogen-bond donors (Lipinski definition) is 1. The van der Waals surface area contributed by atoms with Crippen molar-refractivity contribution in [2.45, 2.75) is 57.6 Å². The van der Waals surface area contributed by atoms with Crippen LogP contribution < -0.4 is 5.32 Å². The van der Waals surface area contributed by atoms with Crippen LogP contribution in [0.1, 0.15) is 51.8 Å². The molecule has 1 aliphatic heterocycles. The summed E-state index contributed by atoms with van der Waals surface area (Å²) >= 11 is 1.79. The Hall–Kier alpha value is -1.50. The first-order valence-electron chi connectivity index (χ1n) is 7.47. The number of nitrogens with zero attached hydrogens (tertiary/aromatic N) is 2. The molecule has 0 radical (unpaired) electrons. The molecule has 7 heteroatoms. The molecule has 22 heavy (non-hydrogen) atoms. The van der Waals surface area contributed by atoms with Crippen LogP contribution >= 0.6 is 11.8 Å². The molecular weight excluding hydrogens is 302 g/mol. The number of thioether (sulfide) groups is 1. The molecule has 1 aromatic rings. The summed E-state index contributed by atoms with van der Waals surface area (Å²) in [6.07, 6.45) is 0.219. The first-order valence-corrected chi connectivity index (χ1v) is 8.63. The summed E-state index contributed by atoms with van der Waals surface area (Å²) in [7, 11) is 0. The van der Waals surface area contributed by atoms with Gasteiger partial charge in [0, 0.05) is 23.5 Å². The highest BCUT2D eigenvalue weighted by molar-refractivity contribution is 7.98. The van der Waals surface area contributed by atoms with Gasteiger partial charge in [0.2, 0.25) is 5.91 Å². The average Bonchev–Trinajstić information content (AvgIpc) is 2.98. The zero-order valence-electron chi connectivity index (χ0n) is 13.6. The van der Waals surface area contributed by atoms with Crippen LogP contribution in [0, 0.1) is 0 Å². The summed E-state index contributed by atoms with van der Waals surface area (Å²) in [5.41, 5.74) is 1.93. The molecule has 0 saturated heterocycles. The van der Waals surface area contributed by atoms with Crippen LogP contribution in [0.3, 0.4) is 0 Å². The maximum atomic E-state index is 12.1. The van der Waals surface area contributed by atoms with Gasteiger partial charge in [-0.2, -0.15) is 16.9 Å². The van der Waals surface area contributed by atoms with Crippen molar-refractivity contribution in [3.05, 3.63) is 11.3 Å². The summed E-state index contributed by atoms with van der Waals surface area (Å²) in [5.74, 6) is 1.98. The van der Waals surface area contributed by atoms with Gasteiger partial charge >= 0.3 is 5.97 Å². The Kier molecular flexibility index (Phi) is 5.16. The molecular formula is C15H23N3O3S. The largest absolute Gasteiger partial charge is 0.466 e. The second kappa shape index (κ2) is 6.73. The Morgan fingerprint density at radius 2 is 2.05 bits per heavy atom. The van der Waals surface area contributed by atoms with E-state index in [2.05, 4.69) is 31.2 Å². The van der Waals surface area contributed by atoms with Gasteiger partial charge in [-0.05, 0) is 27.7 Å². The van der Waals surface area contributed by atoms with Crippen LogP contribution in [0.4, 0.5) is 5.82 Å². The van der Waals surface area contributed by atoms with Crippen molar-refractivity contribution < 1.29 is 14.3 Å². The van der Waals surface area contributed by atoms with Crippen molar-refractivity contribution in [2.24, 2.45) is 0 Å². The molecule has 0 spiro atoms. The lowest BCUT2D eigenvalue weighted by molar-refractivity contribution is -0.144. The molecule has 1 aromatic heterocycles. The third-order valence-corrected chi connectivity index (χ3v) is 4.28. The van der Waals surface area contributed by atoms with Crippen LogP contribution in [0.5, 0.6) is 0 Å². The Labute approximate surface area is 135 Å². The number of anilines is 1. The topological polar surface area (TPSA) is 73.2 Å². The summed E-state index contributed by atoms with van der Waals surface area (Å²) < 4.78 is 6.71. The van der Waals surface area contributed by atoms with Crippen molar-refractivity contribution in [1.29, 1.82) is 0 Å². The molecule has 0 aliphatic carbocycles. The fourth-order valence-electron chi connectivity index (χ4n) is 2.27. The Morgan fingerprint density at radius 1 is 1.32 bits per heavy atom. The summed E-state index contributed by atoms with van der Waals surface area (Å²) in [5, 5.41) is 7.56. The van der Waals surface area contributed by atoms with E-state index in [-0.39, 0.29) is 30.3 Å². The van der Waals surface area contributed by atoms with Gasteiger partial charge in [0.15, 0.2) is 0 Å². The quantitative estimate of drug-likeness (QED) is 0.843. The fraction of sp³-hybridized carbons (Fsp3) is 0.667. The van der Waals surface area contributed by atoms with Crippen LogP contribution in [-0.4, -0.2) is 28.3 Å². The van der Waals surface area contributed by atoms with E-state index in [9.17, 15) is 9.59 Å². The van der Waals surface area contributed by atoms with E-state index in [1.807, 2.05) is 4.68 Å². The maximum absolute atomic E-state index is 12.1. The van der Waals surface area contributed by atoms with Crippen molar-refractivity contribution >= 4 is 29.5 Å². The number of rotatable bonds is 5. The molecule has 0 aromatic carbocycles. The van der Waals surface area contributed by atoms with Crippen molar-refractivity contribution in [2.75, 3.05) is 11.9 Å².